The van der Waals surface area contributed by atoms with Gasteiger partial charge in [-0.2, -0.15) is 0 Å². The number of carbonyl (C=O) groups excluding carboxylic acids is 1. The number of hydrogen-bond donors (Lipinski definition) is 0. The molecule has 0 aliphatic heterocycles. The van der Waals surface area contributed by atoms with E-state index >= 15 is 0 Å². The third-order valence-electron chi connectivity index (χ3n) is 3.73. The van der Waals surface area contributed by atoms with E-state index in [9.17, 15) is 4.79 Å². The van der Waals surface area contributed by atoms with Crippen LogP contribution in [0.5, 0.6) is 5.75 Å². The van der Waals surface area contributed by atoms with Gasteiger partial charge in [0.2, 0.25) is 0 Å². The summed E-state index contributed by atoms with van der Waals surface area (Å²) in [6, 6.07) is 9.75. The minimum atomic E-state index is 0.228. The van der Waals surface area contributed by atoms with E-state index in [1.807, 2.05) is 37.3 Å². The van der Waals surface area contributed by atoms with Gasteiger partial charge in [0.15, 0.2) is 5.78 Å². The van der Waals surface area contributed by atoms with Crippen molar-refractivity contribution >= 4 is 5.78 Å². The number of hydrogen-bond acceptors (Lipinski definition) is 3. The minimum Gasteiger partial charge on any atom is -0.487 e. The molecule has 0 fully saturated rings. The smallest absolute Gasteiger partial charge is 0.163 e. The van der Waals surface area contributed by atoms with Crippen molar-refractivity contribution in [3.05, 3.63) is 58.9 Å². The Morgan fingerprint density at radius 2 is 2.15 bits per heavy atom. The number of ketones is 1. The highest BCUT2D eigenvalue weighted by Gasteiger charge is 2.17. The van der Waals surface area contributed by atoms with Crippen molar-refractivity contribution in [3.63, 3.8) is 0 Å². The SMILES string of the molecule is Cc1cccnc1COc1ccc2c(c1)C(=O)CCC2. The molecule has 1 heterocycles. The molecule has 0 unspecified atom stereocenters. The number of pyridine rings is 1. The molecule has 0 saturated heterocycles. The van der Waals surface area contributed by atoms with Crippen LogP contribution < -0.4 is 4.74 Å². The first-order chi connectivity index (χ1) is 9.74. The lowest BCUT2D eigenvalue weighted by Crippen LogP contribution is -2.11. The van der Waals surface area contributed by atoms with Gasteiger partial charge in [-0.3, -0.25) is 9.78 Å². The second kappa shape index (κ2) is 5.45. The highest BCUT2D eigenvalue weighted by Crippen LogP contribution is 2.25. The second-order valence-corrected chi connectivity index (χ2v) is 5.15. The largest absolute Gasteiger partial charge is 0.487 e. The van der Waals surface area contributed by atoms with E-state index in [-0.39, 0.29) is 5.78 Å². The summed E-state index contributed by atoms with van der Waals surface area (Å²) in [4.78, 5) is 16.2. The lowest BCUT2D eigenvalue weighted by Gasteiger charge is -2.16. The third kappa shape index (κ3) is 2.57. The van der Waals surface area contributed by atoms with E-state index in [4.69, 9.17) is 4.74 Å². The van der Waals surface area contributed by atoms with Gasteiger partial charge in [-0.25, -0.2) is 0 Å². The van der Waals surface area contributed by atoms with Crippen molar-refractivity contribution in [3.8, 4) is 5.75 Å². The second-order valence-electron chi connectivity index (χ2n) is 5.15. The third-order valence-corrected chi connectivity index (χ3v) is 3.73. The Hall–Kier alpha value is -2.16. The number of carbonyl (C=O) groups is 1. The lowest BCUT2D eigenvalue weighted by molar-refractivity contribution is 0.0972. The van der Waals surface area contributed by atoms with E-state index in [0.29, 0.717) is 13.0 Å². The number of ether oxygens (including phenoxy) is 1. The van der Waals surface area contributed by atoms with Crippen LogP contribution in [0.1, 0.15) is 40.0 Å². The van der Waals surface area contributed by atoms with Crippen LogP contribution >= 0.6 is 0 Å². The standard InChI is InChI=1S/C17H17NO2/c1-12-4-3-9-18-16(12)11-20-14-8-7-13-5-2-6-17(19)15(13)10-14/h3-4,7-10H,2,5-6,11H2,1H3. The summed E-state index contributed by atoms with van der Waals surface area (Å²) in [7, 11) is 0. The van der Waals surface area contributed by atoms with Crippen molar-refractivity contribution in [2.45, 2.75) is 32.8 Å². The Morgan fingerprint density at radius 1 is 1.25 bits per heavy atom. The zero-order valence-corrected chi connectivity index (χ0v) is 11.6. The van der Waals surface area contributed by atoms with Crippen LogP contribution in [0.2, 0.25) is 0 Å². The first-order valence-electron chi connectivity index (χ1n) is 6.93. The van der Waals surface area contributed by atoms with E-state index in [1.165, 1.54) is 0 Å². The van der Waals surface area contributed by atoms with Crippen molar-refractivity contribution in [1.82, 2.24) is 4.98 Å². The monoisotopic (exact) mass is 267 g/mol. The van der Waals surface area contributed by atoms with E-state index in [2.05, 4.69) is 4.98 Å². The topological polar surface area (TPSA) is 39.2 Å². The van der Waals surface area contributed by atoms with Gasteiger partial charge in [-0.15, -0.1) is 0 Å². The van der Waals surface area contributed by atoms with E-state index < -0.39 is 0 Å². The van der Waals surface area contributed by atoms with Crippen molar-refractivity contribution in [2.75, 3.05) is 0 Å². The first-order valence-corrected chi connectivity index (χ1v) is 6.93. The number of nitrogens with zero attached hydrogens (tertiary/aromatic N) is 1. The summed E-state index contributed by atoms with van der Waals surface area (Å²) in [5.74, 6) is 0.967. The van der Waals surface area contributed by atoms with Gasteiger partial charge in [-0.05, 0) is 49.1 Å². The molecule has 2 aromatic rings. The van der Waals surface area contributed by atoms with Gasteiger partial charge in [0.1, 0.15) is 12.4 Å². The fourth-order valence-corrected chi connectivity index (χ4v) is 2.52. The van der Waals surface area contributed by atoms with E-state index in [0.717, 1.165) is 41.0 Å². The molecule has 1 aromatic heterocycles. The Labute approximate surface area is 118 Å². The highest BCUT2D eigenvalue weighted by atomic mass is 16.5. The van der Waals surface area contributed by atoms with Crippen molar-refractivity contribution < 1.29 is 9.53 Å². The number of rotatable bonds is 3. The molecule has 102 valence electrons. The Morgan fingerprint density at radius 3 is 3.00 bits per heavy atom. The summed E-state index contributed by atoms with van der Waals surface area (Å²) in [5, 5.41) is 0. The van der Waals surface area contributed by atoms with Crippen molar-refractivity contribution in [2.24, 2.45) is 0 Å². The Bertz CT molecular complexity index is 649. The van der Waals surface area contributed by atoms with Gasteiger partial charge in [0, 0.05) is 18.2 Å². The molecule has 0 atom stereocenters. The molecule has 1 aliphatic rings. The highest BCUT2D eigenvalue weighted by molar-refractivity contribution is 5.98. The number of aryl methyl sites for hydroxylation is 2. The van der Waals surface area contributed by atoms with Crippen LogP contribution in [0, 0.1) is 6.92 Å². The molecule has 1 aliphatic carbocycles. The number of aromatic nitrogens is 1. The molecular formula is C17H17NO2. The number of benzene rings is 1. The fraction of sp³-hybridized carbons (Fsp3) is 0.294. The lowest BCUT2D eigenvalue weighted by atomic mass is 9.90. The van der Waals surface area contributed by atoms with Crippen LogP contribution in [0.3, 0.4) is 0 Å². The molecule has 3 nitrogen and oxygen atoms in total. The quantitative estimate of drug-likeness (QED) is 0.854. The molecular weight excluding hydrogens is 250 g/mol. The first kappa shape index (κ1) is 12.9. The summed E-state index contributed by atoms with van der Waals surface area (Å²) < 4.78 is 5.77. The van der Waals surface area contributed by atoms with Crippen LogP contribution in [0.15, 0.2) is 36.5 Å². The Balaban J connectivity index is 1.77. The predicted molar refractivity (Wildman–Crippen MR) is 77.0 cm³/mol. The molecule has 20 heavy (non-hydrogen) atoms. The van der Waals surface area contributed by atoms with Gasteiger partial charge in [0.05, 0.1) is 5.69 Å². The maximum absolute atomic E-state index is 11.9. The number of fused-ring (bicyclic) bond motifs is 1. The zero-order valence-electron chi connectivity index (χ0n) is 11.6. The van der Waals surface area contributed by atoms with Crippen LogP contribution in [0.4, 0.5) is 0 Å². The maximum Gasteiger partial charge on any atom is 0.163 e. The molecule has 0 bridgehead atoms. The minimum absolute atomic E-state index is 0.228. The summed E-state index contributed by atoms with van der Waals surface area (Å²) >= 11 is 0. The van der Waals surface area contributed by atoms with Gasteiger partial charge >= 0.3 is 0 Å². The van der Waals surface area contributed by atoms with Gasteiger partial charge in [-0.1, -0.05) is 12.1 Å². The van der Waals surface area contributed by atoms with Gasteiger partial charge < -0.3 is 4.74 Å². The predicted octanol–water partition coefficient (Wildman–Crippen LogP) is 3.49. The van der Waals surface area contributed by atoms with Gasteiger partial charge in [0.25, 0.3) is 0 Å². The summed E-state index contributed by atoms with van der Waals surface area (Å²) in [5.41, 5.74) is 4.01. The molecule has 3 heteroatoms. The van der Waals surface area contributed by atoms with Crippen LogP contribution in [0.25, 0.3) is 0 Å². The average molecular weight is 267 g/mol. The summed E-state index contributed by atoms with van der Waals surface area (Å²) in [6.45, 7) is 2.45. The van der Waals surface area contributed by atoms with Crippen molar-refractivity contribution in [1.29, 1.82) is 0 Å². The fourth-order valence-electron chi connectivity index (χ4n) is 2.52. The Kier molecular flexibility index (Phi) is 3.50. The van der Waals surface area contributed by atoms with Crippen LogP contribution in [-0.2, 0) is 13.0 Å². The molecule has 1 aromatic carbocycles. The van der Waals surface area contributed by atoms with E-state index in [1.54, 1.807) is 6.20 Å². The summed E-state index contributed by atoms with van der Waals surface area (Å²) in [6.07, 6.45) is 4.36. The number of Topliss-reactive ketones (excluding diaryl/α,β-unsaturated/α-hetero) is 1. The molecule has 3 rings (SSSR count). The maximum atomic E-state index is 11.9. The zero-order chi connectivity index (χ0) is 13.9. The molecule has 0 amide bonds. The molecule has 0 saturated carbocycles. The molecule has 0 radical (unpaired) electrons. The van der Waals surface area contributed by atoms with Crippen LogP contribution in [-0.4, -0.2) is 10.8 Å². The normalized spacial score (nSPS) is 13.9. The molecule has 0 N–H and O–H groups in total. The average Bonchev–Trinajstić information content (AvgIpc) is 2.47. The molecule has 0 spiro atoms.